The molecule has 128 valence electrons. The molecule has 5 heteroatoms. The van der Waals surface area contributed by atoms with E-state index in [1.165, 1.54) is 0 Å². The first-order chi connectivity index (χ1) is 12.2. The predicted molar refractivity (Wildman–Crippen MR) is 94.6 cm³/mol. The Hall–Kier alpha value is -2.14. The van der Waals surface area contributed by atoms with Crippen molar-refractivity contribution in [2.24, 2.45) is 17.8 Å². The highest BCUT2D eigenvalue weighted by molar-refractivity contribution is 7.09. The van der Waals surface area contributed by atoms with E-state index in [-0.39, 0.29) is 23.5 Å². The third-order valence-electron chi connectivity index (χ3n) is 5.96. The molecule has 0 saturated heterocycles. The number of ether oxygens (including phenoxy) is 1. The van der Waals surface area contributed by atoms with Gasteiger partial charge in [0.1, 0.15) is 11.4 Å². The number of carbonyl (C=O) groups is 2. The van der Waals surface area contributed by atoms with Gasteiger partial charge < -0.3 is 10.1 Å². The lowest BCUT2D eigenvalue weighted by Gasteiger charge is -2.37. The third kappa shape index (κ3) is 2.33. The number of Topliss-reactive ketones (excluding diaryl/α,β-unsaturated/α-hetero) is 1. The molecular weight excluding hydrogens is 334 g/mol. The molecule has 0 radical (unpaired) electrons. The number of fused-ring (bicyclic) bond motifs is 3. The van der Waals surface area contributed by atoms with E-state index in [0.29, 0.717) is 30.2 Å². The number of hydrogen-bond acceptors (Lipinski definition) is 4. The minimum Gasteiger partial charge on any atom is -0.486 e. The Kier molecular flexibility index (Phi) is 3.29. The zero-order chi connectivity index (χ0) is 17.0. The van der Waals surface area contributed by atoms with E-state index in [2.05, 4.69) is 5.32 Å². The van der Waals surface area contributed by atoms with Crippen molar-refractivity contribution in [1.82, 2.24) is 5.32 Å². The van der Waals surface area contributed by atoms with Gasteiger partial charge in [-0.15, -0.1) is 11.3 Å². The molecule has 1 aromatic heterocycles. The molecular formula is C20H19NO3S. The molecule has 1 spiro atoms. The van der Waals surface area contributed by atoms with Crippen LogP contribution in [0.15, 0.2) is 41.8 Å². The number of benzene rings is 1. The monoisotopic (exact) mass is 353 g/mol. The SMILES string of the molecule is O=C1C[C@]2(CC[C@@H]3[C@H](C(=O)NCc4cccs4)[C@@H]32)Oc2ccccc21. The van der Waals surface area contributed by atoms with Gasteiger partial charge in [0.25, 0.3) is 0 Å². The Labute approximate surface area is 150 Å². The molecule has 1 N–H and O–H groups in total. The predicted octanol–water partition coefficient (Wildman–Crippen LogP) is 3.42. The van der Waals surface area contributed by atoms with Gasteiger partial charge in [-0.25, -0.2) is 0 Å². The summed E-state index contributed by atoms with van der Waals surface area (Å²) >= 11 is 1.65. The van der Waals surface area contributed by atoms with Gasteiger partial charge >= 0.3 is 0 Å². The highest BCUT2D eigenvalue weighted by atomic mass is 32.1. The summed E-state index contributed by atoms with van der Waals surface area (Å²) in [5.74, 6) is 1.47. The number of ketones is 1. The molecule has 3 aliphatic rings. The van der Waals surface area contributed by atoms with Crippen LogP contribution in [0.2, 0.25) is 0 Å². The highest BCUT2D eigenvalue weighted by Crippen LogP contribution is 2.65. The lowest BCUT2D eigenvalue weighted by Crippen LogP contribution is -2.44. The van der Waals surface area contributed by atoms with Crippen molar-refractivity contribution in [3.05, 3.63) is 52.2 Å². The second kappa shape index (κ2) is 5.43. The maximum atomic E-state index is 12.6. The highest BCUT2D eigenvalue weighted by Gasteiger charge is 2.70. The van der Waals surface area contributed by atoms with Crippen LogP contribution in [0.25, 0.3) is 0 Å². The first-order valence-electron chi connectivity index (χ1n) is 8.79. The second-order valence-corrected chi connectivity index (χ2v) is 8.35. The minimum atomic E-state index is -0.471. The van der Waals surface area contributed by atoms with Crippen LogP contribution in [-0.2, 0) is 11.3 Å². The number of thiophene rings is 1. The van der Waals surface area contributed by atoms with Crippen molar-refractivity contribution < 1.29 is 14.3 Å². The van der Waals surface area contributed by atoms with E-state index in [1.54, 1.807) is 11.3 Å². The quantitative estimate of drug-likeness (QED) is 0.920. The molecule has 4 atom stereocenters. The third-order valence-corrected chi connectivity index (χ3v) is 6.83. The Bertz CT molecular complexity index is 846. The summed E-state index contributed by atoms with van der Waals surface area (Å²) in [7, 11) is 0. The molecule has 1 aliphatic heterocycles. The summed E-state index contributed by atoms with van der Waals surface area (Å²) in [4.78, 5) is 26.4. The lowest BCUT2D eigenvalue weighted by molar-refractivity contribution is -0.124. The topological polar surface area (TPSA) is 55.4 Å². The van der Waals surface area contributed by atoms with Crippen LogP contribution in [0.3, 0.4) is 0 Å². The maximum Gasteiger partial charge on any atom is 0.224 e. The molecule has 1 amide bonds. The van der Waals surface area contributed by atoms with E-state index in [1.807, 2.05) is 41.8 Å². The van der Waals surface area contributed by atoms with Crippen molar-refractivity contribution in [3.63, 3.8) is 0 Å². The molecule has 5 rings (SSSR count). The standard InChI is InChI=1S/C20H19NO3S/c22-15-10-20(24-16-6-2-1-5-13(15)16)8-7-14-17(18(14)20)19(23)21-11-12-4-3-9-25-12/h1-6,9,14,17-18H,7-8,10-11H2,(H,21,23)/t14-,17+,18-,20+/m1/s1. The summed E-state index contributed by atoms with van der Waals surface area (Å²) in [5.41, 5.74) is 0.206. The fraction of sp³-hybridized carbons (Fsp3) is 0.400. The molecule has 0 unspecified atom stereocenters. The van der Waals surface area contributed by atoms with Crippen molar-refractivity contribution in [2.75, 3.05) is 0 Å². The Morgan fingerprint density at radius 1 is 1.28 bits per heavy atom. The van der Waals surface area contributed by atoms with Gasteiger partial charge in [-0.2, -0.15) is 0 Å². The van der Waals surface area contributed by atoms with Crippen LogP contribution in [-0.4, -0.2) is 17.3 Å². The maximum absolute atomic E-state index is 12.6. The van der Waals surface area contributed by atoms with E-state index < -0.39 is 5.60 Å². The summed E-state index contributed by atoms with van der Waals surface area (Å²) in [6.45, 7) is 0.585. The van der Waals surface area contributed by atoms with Gasteiger partial charge in [0.2, 0.25) is 5.91 Å². The van der Waals surface area contributed by atoms with Crippen molar-refractivity contribution in [1.29, 1.82) is 0 Å². The number of nitrogens with one attached hydrogen (secondary N) is 1. The lowest BCUT2D eigenvalue weighted by atomic mass is 9.84. The van der Waals surface area contributed by atoms with Crippen molar-refractivity contribution in [2.45, 2.75) is 31.4 Å². The van der Waals surface area contributed by atoms with E-state index in [0.717, 1.165) is 17.7 Å². The number of para-hydroxylation sites is 1. The van der Waals surface area contributed by atoms with E-state index >= 15 is 0 Å². The summed E-state index contributed by atoms with van der Waals surface area (Å²) in [6.07, 6.45) is 2.24. The normalized spacial score (nSPS) is 32.0. The Balaban J connectivity index is 1.33. The molecule has 0 bridgehead atoms. The fourth-order valence-electron chi connectivity index (χ4n) is 4.82. The first kappa shape index (κ1) is 15.1. The number of carbonyl (C=O) groups excluding carboxylic acids is 2. The van der Waals surface area contributed by atoms with Crippen LogP contribution in [0.1, 0.15) is 34.5 Å². The summed E-state index contributed by atoms with van der Waals surface area (Å²) in [6, 6.07) is 11.5. The van der Waals surface area contributed by atoms with Crippen molar-refractivity contribution >= 4 is 23.0 Å². The fourth-order valence-corrected chi connectivity index (χ4v) is 5.47. The molecule has 2 heterocycles. The van der Waals surface area contributed by atoms with Crippen LogP contribution in [0.5, 0.6) is 5.75 Å². The molecule has 2 aliphatic carbocycles. The Morgan fingerprint density at radius 2 is 2.16 bits per heavy atom. The Morgan fingerprint density at radius 3 is 3.00 bits per heavy atom. The van der Waals surface area contributed by atoms with Gasteiger partial charge in [0, 0.05) is 16.7 Å². The number of amides is 1. The van der Waals surface area contributed by atoms with Crippen LogP contribution in [0.4, 0.5) is 0 Å². The van der Waals surface area contributed by atoms with Gasteiger partial charge in [0.15, 0.2) is 5.78 Å². The zero-order valence-electron chi connectivity index (χ0n) is 13.7. The summed E-state index contributed by atoms with van der Waals surface area (Å²) < 4.78 is 6.34. The van der Waals surface area contributed by atoms with Gasteiger partial charge in [0.05, 0.1) is 18.5 Å². The van der Waals surface area contributed by atoms with Crippen LogP contribution in [0, 0.1) is 17.8 Å². The molecule has 2 aromatic rings. The number of hydrogen-bond donors (Lipinski definition) is 1. The minimum absolute atomic E-state index is 0.00762. The molecule has 2 fully saturated rings. The smallest absolute Gasteiger partial charge is 0.224 e. The van der Waals surface area contributed by atoms with E-state index in [9.17, 15) is 9.59 Å². The van der Waals surface area contributed by atoms with Gasteiger partial charge in [-0.1, -0.05) is 18.2 Å². The summed E-state index contributed by atoms with van der Waals surface area (Å²) in [5, 5.41) is 5.07. The zero-order valence-corrected chi connectivity index (χ0v) is 14.6. The molecule has 4 nitrogen and oxygen atoms in total. The van der Waals surface area contributed by atoms with Gasteiger partial charge in [-0.3, -0.25) is 9.59 Å². The molecule has 2 saturated carbocycles. The largest absolute Gasteiger partial charge is 0.486 e. The second-order valence-electron chi connectivity index (χ2n) is 7.31. The molecule has 1 aromatic carbocycles. The first-order valence-corrected chi connectivity index (χ1v) is 9.67. The van der Waals surface area contributed by atoms with Gasteiger partial charge in [-0.05, 0) is 42.3 Å². The van der Waals surface area contributed by atoms with Crippen LogP contribution < -0.4 is 10.1 Å². The number of rotatable bonds is 3. The molecule has 25 heavy (non-hydrogen) atoms. The van der Waals surface area contributed by atoms with Crippen LogP contribution >= 0.6 is 11.3 Å². The average Bonchev–Trinajstić information content (AvgIpc) is 2.94. The van der Waals surface area contributed by atoms with Crippen molar-refractivity contribution in [3.8, 4) is 5.75 Å². The average molecular weight is 353 g/mol. The van der Waals surface area contributed by atoms with E-state index in [4.69, 9.17) is 4.74 Å².